The summed E-state index contributed by atoms with van der Waals surface area (Å²) in [6.45, 7) is 9.86. The number of hydrogen-bond donors (Lipinski definition) is 2. The fourth-order valence-corrected chi connectivity index (χ4v) is 1.76. The molecule has 0 bridgehead atoms. The van der Waals surface area contributed by atoms with Crippen molar-refractivity contribution in [3.05, 3.63) is 0 Å². The van der Waals surface area contributed by atoms with Crippen molar-refractivity contribution in [1.82, 2.24) is 10.2 Å². The number of nitrogens with zero attached hydrogens (tertiary/aromatic N) is 1. The molecule has 5 nitrogen and oxygen atoms in total. The van der Waals surface area contributed by atoms with Crippen molar-refractivity contribution in [2.75, 3.05) is 32.8 Å². The lowest BCUT2D eigenvalue weighted by Gasteiger charge is -2.34. The van der Waals surface area contributed by atoms with E-state index in [0.717, 1.165) is 19.6 Å². The van der Waals surface area contributed by atoms with Crippen molar-refractivity contribution in [1.29, 1.82) is 0 Å². The zero-order valence-electron chi connectivity index (χ0n) is 10.5. The van der Waals surface area contributed by atoms with Crippen molar-refractivity contribution < 1.29 is 9.53 Å². The number of nitrogens with one attached hydrogen (secondary N) is 1. The maximum absolute atomic E-state index is 11.2. The van der Waals surface area contributed by atoms with Crippen molar-refractivity contribution in [2.24, 2.45) is 5.73 Å². The number of nitrogens with two attached hydrogens (primary N) is 1. The van der Waals surface area contributed by atoms with Crippen LogP contribution in [0.15, 0.2) is 0 Å². The van der Waals surface area contributed by atoms with Gasteiger partial charge in [0.2, 0.25) is 5.91 Å². The van der Waals surface area contributed by atoms with Crippen molar-refractivity contribution in [2.45, 2.75) is 32.4 Å². The van der Waals surface area contributed by atoms with Crippen LogP contribution in [0, 0.1) is 0 Å². The van der Waals surface area contributed by atoms with E-state index >= 15 is 0 Å². The molecule has 1 saturated heterocycles. The maximum atomic E-state index is 11.2. The summed E-state index contributed by atoms with van der Waals surface area (Å²) in [5.41, 5.74) is 5.22. The van der Waals surface area contributed by atoms with Gasteiger partial charge in [-0.05, 0) is 20.8 Å². The lowest BCUT2D eigenvalue weighted by Crippen LogP contribution is -2.57. The molecule has 0 aliphatic carbocycles. The quantitative estimate of drug-likeness (QED) is 0.686. The first kappa shape index (κ1) is 13.4. The molecule has 0 saturated carbocycles. The lowest BCUT2D eigenvalue weighted by atomic mass is 10.2. The van der Waals surface area contributed by atoms with Crippen LogP contribution in [-0.4, -0.2) is 55.2 Å². The Kier molecular flexibility index (Phi) is 4.70. The summed E-state index contributed by atoms with van der Waals surface area (Å²) in [5.74, 6) is -0.261. The molecule has 0 aromatic carbocycles. The molecule has 1 rings (SSSR count). The van der Waals surface area contributed by atoms with Crippen LogP contribution < -0.4 is 11.1 Å². The molecule has 0 aromatic heterocycles. The van der Waals surface area contributed by atoms with Gasteiger partial charge in [0, 0.05) is 26.2 Å². The fourth-order valence-electron chi connectivity index (χ4n) is 1.76. The number of ether oxygens (including phenoxy) is 1. The third kappa shape index (κ3) is 4.47. The molecule has 1 unspecified atom stereocenters. The van der Waals surface area contributed by atoms with Crippen LogP contribution in [0.5, 0.6) is 0 Å². The highest BCUT2D eigenvalue weighted by Crippen LogP contribution is 2.08. The Morgan fingerprint density at radius 1 is 1.56 bits per heavy atom. The SMILES string of the molecule is CC(C)(C)OCCN1CCNCC1C(N)=O. The summed E-state index contributed by atoms with van der Waals surface area (Å²) in [4.78, 5) is 13.3. The first-order chi connectivity index (χ1) is 7.40. The van der Waals surface area contributed by atoms with Gasteiger partial charge in [0.1, 0.15) is 6.04 Å². The minimum absolute atomic E-state index is 0.129. The Bertz CT molecular complexity index is 238. The molecule has 16 heavy (non-hydrogen) atoms. The van der Waals surface area contributed by atoms with Gasteiger partial charge in [-0.2, -0.15) is 0 Å². The van der Waals surface area contributed by atoms with Crippen LogP contribution in [0.3, 0.4) is 0 Å². The van der Waals surface area contributed by atoms with Gasteiger partial charge in [-0.1, -0.05) is 0 Å². The smallest absolute Gasteiger partial charge is 0.236 e. The van der Waals surface area contributed by atoms with Gasteiger partial charge < -0.3 is 15.8 Å². The molecular weight excluding hydrogens is 206 g/mol. The number of primary amides is 1. The standard InChI is InChI=1S/C11H23N3O2/c1-11(2,3)16-7-6-14-5-4-13-8-9(14)10(12)15/h9,13H,4-8H2,1-3H3,(H2,12,15). The molecule has 0 radical (unpaired) electrons. The Balaban J connectivity index is 2.36. The second-order valence-corrected chi connectivity index (χ2v) is 5.12. The van der Waals surface area contributed by atoms with Crippen molar-refractivity contribution in [3.8, 4) is 0 Å². The molecule has 1 aliphatic rings. The largest absolute Gasteiger partial charge is 0.375 e. The predicted molar refractivity (Wildman–Crippen MR) is 63.1 cm³/mol. The van der Waals surface area contributed by atoms with Crippen LogP contribution in [-0.2, 0) is 9.53 Å². The van der Waals surface area contributed by atoms with Gasteiger partial charge in [-0.15, -0.1) is 0 Å². The third-order valence-corrected chi connectivity index (χ3v) is 2.60. The summed E-state index contributed by atoms with van der Waals surface area (Å²) < 4.78 is 5.65. The Morgan fingerprint density at radius 3 is 2.81 bits per heavy atom. The summed E-state index contributed by atoms with van der Waals surface area (Å²) in [5, 5.41) is 3.17. The van der Waals surface area contributed by atoms with Crippen molar-refractivity contribution >= 4 is 5.91 Å². The van der Waals surface area contributed by atoms with E-state index in [0.29, 0.717) is 13.2 Å². The van der Waals surface area contributed by atoms with Gasteiger partial charge in [-0.25, -0.2) is 0 Å². The van der Waals surface area contributed by atoms with Gasteiger partial charge in [-0.3, -0.25) is 9.69 Å². The topological polar surface area (TPSA) is 67.6 Å². The van der Waals surface area contributed by atoms with Crippen LogP contribution in [0.1, 0.15) is 20.8 Å². The molecule has 3 N–H and O–H groups in total. The fraction of sp³-hybridized carbons (Fsp3) is 0.909. The number of piperazine rings is 1. The Labute approximate surface area is 97.3 Å². The highest BCUT2D eigenvalue weighted by atomic mass is 16.5. The summed E-state index contributed by atoms with van der Waals surface area (Å²) >= 11 is 0. The van der Waals surface area contributed by atoms with Crippen LogP contribution >= 0.6 is 0 Å². The Hall–Kier alpha value is -0.650. The second-order valence-electron chi connectivity index (χ2n) is 5.12. The third-order valence-electron chi connectivity index (χ3n) is 2.60. The summed E-state index contributed by atoms with van der Waals surface area (Å²) in [7, 11) is 0. The van der Waals surface area contributed by atoms with E-state index in [2.05, 4.69) is 10.2 Å². The molecule has 1 amide bonds. The highest BCUT2D eigenvalue weighted by Gasteiger charge is 2.26. The molecule has 1 fully saturated rings. The first-order valence-corrected chi connectivity index (χ1v) is 5.78. The maximum Gasteiger partial charge on any atom is 0.236 e. The number of carbonyl (C=O) groups is 1. The van der Waals surface area contributed by atoms with E-state index in [-0.39, 0.29) is 17.6 Å². The number of rotatable bonds is 4. The average Bonchev–Trinajstić information content (AvgIpc) is 2.16. The second kappa shape index (κ2) is 5.61. The molecule has 1 aliphatic heterocycles. The van der Waals surface area contributed by atoms with Gasteiger partial charge in [0.15, 0.2) is 0 Å². The zero-order valence-corrected chi connectivity index (χ0v) is 10.5. The number of amides is 1. The number of carbonyl (C=O) groups excluding carboxylic acids is 1. The van der Waals surface area contributed by atoms with E-state index < -0.39 is 0 Å². The number of hydrogen-bond acceptors (Lipinski definition) is 4. The first-order valence-electron chi connectivity index (χ1n) is 5.78. The van der Waals surface area contributed by atoms with E-state index in [1.807, 2.05) is 20.8 Å². The normalized spacial score (nSPS) is 23.3. The monoisotopic (exact) mass is 229 g/mol. The Morgan fingerprint density at radius 2 is 2.25 bits per heavy atom. The molecule has 5 heteroatoms. The minimum Gasteiger partial charge on any atom is -0.375 e. The van der Waals surface area contributed by atoms with E-state index in [4.69, 9.17) is 10.5 Å². The van der Waals surface area contributed by atoms with Gasteiger partial charge >= 0.3 is 0 Å². The summed E-state index contributed by atoms with van der Waals surface area (Å²) in [6, 6.07) is -0.197. The van der Waals surface area contributed by atoms with E-state index in [1.54, 1.807) is 0 Å². The molecular formula is C11H23N3O2. The lowest BCUT2D eigenvalue weighted by molar-refractivity contribution is -0.124. The predicted octanol–water partition coefficient (Wildman–Crippen LogP) is -0.439. The van der Waals surface area contributed by atoms with Crippen molar-refractivity contribution in [3.63, 3.8) is 0 Å². The van der Waals surface area contributed by atoms with Crippen LogP contribution in [0.4, 0.5) is 0 Å². The molecule has 0 aromatic rings. The van der Waals surface area contributed by atoms with Gasteiger partial charge in [0.05, 0.1) is 12.2 Å². The van der Waals surface area contributed by atoms with E-state index in [9.17, 15) is 4.79 Å². The van der Waals surface area contributed by atoms with Gasteiger partial charge in [0.25, 0.3) is 0 Å². The molecule has 1 heterocycles. The minimum atomic E-state index is -0.261. The molecule has 1 atom stereocenters. The molecule has 0 spiro atoms. The summed E-state index contributed by atoms with van der Waals surface area (Å²) in [6.07, 6.45) is 0. The molecule has 94 valence electrons. The average molecular weight is 229 g/mol. The van der Waals surface area contributed by atoms with Crippen LogP contribution in [0.25, 0.3) is 0 Å². The zero-order chi connectivity index (χ0) is 12.2. The van der Waals surface area contributed by atoms with E-state index in [1.165, 1.54) is 0 Å². The highest BCUT2D eigenvalue weighted by molar-refractivity contribution is 5.80. The van der Waals surface area contributed by atoms with Crippen LogP contribution in [0.2, 0.25) is 0 Å².